The molecule has 0 aliphatic heterocycles. The van der Waals surface area contributed by atoms with Crippen LogP contribution in [-0.4, -0.2) is 20.9 Å². The molecule has 1 unspecified atom stereocenters. The van der Waals surface area contributed by atoms with Crippen molar-refractivity contribution in [3.8, 4) is 6.07 Å². The van der Waals surface area contributed by atoms with E-state index >= 15 is 0 Å². The predicted molar refractivity (Wildman–Crippen MR) is 96.8 cm³/mol. The number of hydrogen-bond donors (Lipinski definition) is 1. The number of amides is 1. The molecule has 2 aromatic carbocycles. The van der Waals surface area contributed by atoms with E-state index in [0.717, 1.165) is 11.1 Å². The molecular weight excluding hydrogens is 326 g/mol. The normalized spacial score (nSPS) is 11.5. The van der Waals surface area contributed by atoms with Crippen molar-refractivity contribution in [3.63, 3.8) is 0 Å². The second kappa shape index (κ2) is 8.58. The van der Waals surface area contributed by atoms with Crippen LogP contribution >= 0.6 is 0 Å². The lowest BCUT2D eigenvalue weighted by Gasteiger charge is -2.19. The van der Waals surface area contributed by atoms with Crippen LogP contribution < -0.4 is 5.32 Å². The molecule has 0 radical (unpaired) electrons. The van der Waals surface area contributed by atoms with E-state index < -0.39 is 0 Å². The molecule has 1 heterocycles. The number of aryl methyl sites for hydroxylation is 1. The number of benzene rings is 2. The molecule has 0 bridgehead atoms. The van der Waals surface area contributed by atoms with Gasteiger partial charge < -0.3 is 5.32 Å². The highest BCUT2D eigenvalue weighted by molar-refractivity contribution is 5.76. The third kappa shape index (κ3) is 4.77. The highest BCUT2D eigenvalue weighted by atomic mass is 16.1. The Kier molecular flexibility index (Phi) is 5.73. The van der Waals surface area contributed by atoms with Gasteiger partial charge in [-0.15, -0.1) is 0 Å². The highest BCUT2D eigenvalue weighted by Crippen LogP contribution is 2.15. The quantitative estimate of drug-likeness (QED) is 0.713. The van der Waals surface area contributed by atoms with Crippen molar-refractivity contribution >= 4 is 5.91 Å². The first kappa shape index (κ1) is 17.4. The van der Waals surface area contributed by atoms with Crippen LogP contribution in [0.1, 0.15) is 29.2 Å². The van der Waals surface area contributed by atoms with Crippen LogP contribution in [0.4, 0.5) is 0 Å². The number of nitriles is 1. The molecule has 1 atom stereocenters. The molecule has 0 aliphatic carbocycles. The number of aromatic nitrogens is 3. The summed E-state index contributed by atoms with van der Waals surface area (Å²) in [6.07, 6.45) is 4.24. The minimum Gasteiger partial charge on any atom is -0.347 e. The molecule has 3 rings (SSSR count). The second-order valence-electron chi connectivity index (χ2n) is 5.92. The number of carbonyl (C=O) groups excluding carboxylic acids is 1. The standard InChI is InChI=1S/C20H19N5O/c21-14-17-8-6-16(7-9-17)10-11-20(26)24-19(15-25-22-12-13-23-25)18-4-2-1-3-5-18/h1-9,12-13,19H,10-11,15H2,(H,24,26). The van der Waals surface area contributed by atoms with Crippen molar-refractivity contribution in [3.05, 3.63) is 83.7 Å². The molecule has 130 valence electrons. The molecule has 6 nitrogen and oxygen atoms in total. The van der Waals surface area contributed by atoms with E-state index in [9.17, 15) is 4.79 Å². The molecule has 0 fully saturated rings. The van der Waals surface area contributed by atoms with Gasteiger partial charge in [0.15, 0.2) is 0 Å². The van der Waals surface area contributed by atoms with Crippen LogP contribution in [0.25, 0.3) is 0 Å². The van der Waals surface area contributed by atoms with Crippen LogP contribution in [-0.2, 0) is 17.8 Å². The maximum Gasteiger partial charge on any atom is 0.220 e. The van der Waals surface area contributed by atoms with E-state index in [2.05, 4.69) is 21.6 Å². The SMILES string of the molecule is N#Cc1ccc(CCC(=O)NC(Cn2nccn2)c2ccccc2)cc1. The molecule has 0 saturated carbocycles. The zero-order valence-electron chi connectivity index (χ0n) is 14.2. The monoisotopic (exact) mass is 345 g/mol. The number of nitrogens with zero attached hydrogens (tertiary/aromatic N) is 4. The van der Waals surface area contributed by atoms with Crippen LogP contribution in [0.2, 0.25) is 0 Å². The number of carbonyl (C=O) groups is 1. The third-order valence-electron chi connectivity index (χ3n) is 4.07. The van der Waals surface area contributed by atoms with E-state index in [1.807, 2.05) is 42.5 Å². The summed E-state index contributed by atoms with van der Waals surface area (Å²) in [6.45, 7) is 0.472. The highest BCUT2D eigenvalue weighted by Gasteiger charge is 2.16. The lowest BCUT2D eigenvalue weighted by molar-refractivity contribution is -0.121. The van der Waals surface area contributed by atoms with E-state index in [4.69, 9.17) is 5.26 Å². The first-order valence-corrected chi connectivity index (χ1v) is 8.42. The van der Waals surface area contributed by atoms with Gasteiger partial charge in [0.25, 0.3) is 0 Å². The average Bonchev–Trinajstić information content (AvgIpc) is 3.20. The molecule has 6 heteroatoms. The first-order chi connectivity index (χ1) is 12.7. The molecular formula is C20H19N5O. The second-order valence-corrected chi connectivity index (χ2v) is 5.92. The van der Waals surface area contributed by atoms with E-state index in [1.54, 1.807) is 29.3 Å². The summed E-state index contributed by atoms with van der Waals surface area (Å²) in [6, 6.07) is 19.0. The Morgan fingerprint density at radius 3 is 2.42 bits per heavy atom. The summed E-state index contributed by atoms with van der Waals surface area (Å²) in [5, 5.41) is 20.2. The van der Waals surface area contributed by atoms with Crippen LogP contribution in [0.5, 0.6) is 0 Å². The van der Waals surface area contributed by atoms with Crippen molar-refractivity contribution < 1.29 is 4.79 Å². The topological polar surface area (TPSA) is 83.6 Å². The molecule has 0 spiro atoms. The lowest BCUT2D eigenvalue weighted by atomic mass is 10.1. The molecule has 1 amide bonds. The van der Waals surface area contributed by atoms with Crippen LogP contribution in [0.15, 0.2) is 67.0 Å². The maximum atomic E-state index is 12.4. The number of hydrogen-bond acceptors (Lipinski definition) is 4. The van der Waals surface area contributed by atoms with Gasteiger partial charge in [-0.2, -0.15) is 20.3 Å². The summed E-state index contributed by atoms with van der Waals surface area (Å²) in [5.74, 6) is -0.0321. The smallest absolute Gasteiger partial charge is 0.220 e. The van der Waals surface area contributed by atoms with Gasteiger partial charge in [0.2, 0.25) is 5.91 Å². The molecule has 1 aromatic heterocycles. The van der Waals surface area contributed by atoms with Gasteiger partial charge in [-0.25, -0.2) is 0 Å². The Morgan fingerprint density at radius 2 is 1.77 bits per heavy atom. The summed E-state index contributed by atoms with van der Waals surface area (Å²) in [5.41, 5.74) is 2.66. The van der Waals surface area contributed by atoms with Crippen molar-refractivity contribution in [1.82, 2.24) is 20.3 Å². The van der Waals surface area contributed by atoms with Gasteiger partial charge in [0.05, 0.1) is 36.6 Å². The summed E-state index contributed by atoms with van der Waals surface area (Å²) in [4.78, 5) is 14.0. The van der Waals surface area contributed by atoms with Gasteiger partial charge in [-0.3, -0.25) is 4.79 Å². The minimum absolute atomic E-state index is 0.0321. The summed E-state index contributed by atoms with van der Waals surface area (Å²) < 4.78 is 0. The van der Waals surface area contributed by atoms with E-state index in [-0.39, 0.29) is 11.9 Å². The lowest BCUT2D eigenvalue weighted by Crippen LogP contribution is -2.32. The molecule has 0 aliphatic rings. The van der Waals surface area contributed by atoms with Gasteiger partial charge >= 0.3 is 0 Å². The molecule has 0 saturated heterocycles. The maximum absolute atomic E-state index is 12.4. The predicted octanol–water partition coefficient (Wildman–Crippen LogP) is 2.64. The summed E-state index contributed by atoms with van der Waals surface area (Å²) >= 11 is 0. The number of rotatable bonds is 7. The van der Waals surface area contributed by atoms with Crippen molar-refractivity contribution in [2.24, 2.45) is 0 Å². The fourth-order valence-electron chi connectivity index (χ4n) is 2.69. The summed E-state index contributed by atoms with van der Waals surface area (Å²) in [7, 11) is 0. The van der Waals surface area contributed by atoms with Crippen molar-refractivity contribution in [2.75, 3.05) is 0 Å². The van der Waals surface area contributed by atoms with Gasteiger partial charge in [0, 0.05) is 6.42 Å². The Morgan fingerprint density at radius 1 is 1.08 bits per heavy atom. The average molecular weight is 345 g/mol. The Hall–Kier alpha value is -3.46. The van der Waals surface area contributed by atoms with Gasteiger partial charge in [-0.05, 0) is 29.7 Å². The van der Waals surface area contributed by atoms with Crippen LogP contribution in [0.3, 0.4) is 0 Å². The van der Waals surface area contributed by atoms with Gasteiger partial charge in [-0.1, -0.05) is 42.5 Å². The fourth-order valence-corrected chi connectivity index (χ4v) is 2.69. The first-order valence-electron chi connectivity index (χ1n) is 8.42. The Bertz CT molecular complexity index is 867. The molecule has 1 N–H and O–H groups in total. The number of nitrogens with one attached hydrogen (secondary N) is 1. The molecule has 3 aromatic rings. The minimum atomic E-state index is -0.197. The fraction of sp³-hybridized carbons (Fsp3) is 0.200. The van der Waals surface area contributed by atoms with E-state index in [0.29, 0.717) is 24.9 Å². The zero-order chi connectivity index (χ0) is 18.2. The Labute approximate surface area is 152 Å². The molecule has 26 heavy (non-hydrogen) atoms. The van der Waals surface area contributed by atoms with Crippen molar-refractivity contribution in [1.29, 1.82) is 5.26 Å². The van der Waals surface area contributed by atoms with Crippen LogP contribution in [0, 0.1) is 11.3 Å². The largest absolute Gasteiger partial charge is 0.347 e. The van der Waals surface area contributed by atoms with Gasteiger partial charge in [0.1, 0.15) is 0 Å². The van der Waals surface area contributed by atoms with E-state index in [1.165, 1.54) is 0 Å². The third-order valence-corrected chi connectivity index (χ3v) is 4.07. The zero-order valence-corrected chi connectivity index (χ0v) is 14.2. The Balaban J connectivity index is 1.62. The van der Waals surface area contributed by atoms with Crippen molar-refractivity contribution in [2.45, 2.75) is 25.4 Å².